The molecule has 0 radical (unpaired) electrons. The van der Waals surface area contributed by atoms with Crippen LogP contribution in [0.25, 0.3) is 22.4 Å². The third kappa shape index (κ3) is 5.60. The fraction of sp³-hybridized carbons (Fsp3) is 0.280. The summed E-state index contributed by atoms with van der Waals surface area (Å²) in [5, 5.41) is 21.7. The second-order valence-electron chi connectivity index (χ2n) is 8.42. The zero-order chi connectivity index (χ0) is 21.7. The molecule has 0 spiro atoms. The lowest BCUT2D eigenvalue weighted by Crippen LogP contribution is -2.10. The van der Waals surface area contributed by atoms with E-state index in [1.54, 1.807) is 12.1 Å². The van der Waals surface area contributed by atoms with Gasteiger partial charge in [-0.15, -0.1) is 0 Å². The number of anilines is 1. The number of nitrogens with one attached hydrogen (secondary N) is 1. The molecule has 0 saturated carbocycles. The average Bonchev–Trinajstić information content (AvgIpc) is 2.71. The van der Waals surface area contributed by atoms with Crippen LogP contribution in [0.3, 0.4) is 0 Å². The van der Waals surface area contributed by atoms with Crippen molar-refractivity contribution in [3.05, 3.63) is 66.2 Å². The van der Waals surface area contributed by atoms with Crippen molar-refractivity contribution >= 4 is 11.8 Å². The van der Waals surface area contributed by atoms with Crippen molar-refractivity contribution < 1.29 is 15.0 Å². The Morgan fingerprint density at radius 3 is 2.17 bits per heavy atom. The predicted molar refractivity (Wildman–Crippen MR) is 121 cm³/mol. The molecule has 30 heavy (non-hydrogen) atoms. The largest absolute Gasteiger partial charge is 0.508 e. The van der Waals surface area contributed by atoms with E-state index >= 15 is 0 Å². The maximum Gasteiger partial charge on any atom is 0.303 e. The molecule has 0 aliphatic rings. The maximum absolute atomic E-state index is 10.8. The Labute approximate surface area is 177 Å². The first-order chi connectivity index (χ1) is 14.2. The Morgan fingerprint density at radius 1 is 0.933 bits per heavy atom. The van der Waals surface area contributed by atoms with Crippen molar-refractivity contribution in [2.24, 2.45) is 0 Å². The molecule has 0 aliphatic heterocycles. The summed E-state index contributed by atoms with van der Waals surface area (Å²) in [6, 6.07) is 19.5. The summed E-state index contributed by atoms with van der Waals surface area (Å²) in [4.78, 5) is 15.4. The van der Waals surface area contributed by atoms with Crippen LogP contribution in [0.2, 0.25) is 0 Å². The number of aromatic hydroxyl groups is 1. The molecule has 0 atom stereocenters. The highest BCUT2D eigenvalue weighted by molar-refractivity contribution is 5.74. The average molecular weight is 405 g/mol. The summed E-state index contributed by atoms with van der Waals surface area (Å²) in [5.41, 5.74) is 5.15. The molecule has 5 heteroatoms. The number of phenols is 1. The van der Waals surface area contributed by atoms with Gasteiger partial charge in [0.1, 0.15) is 11.6 Å². The third-order valence-electron chi connectivity index (χ3n) is 4.95. The number of carbonyl (C=O) groups is 1. The minimum atomic E-state index is -0.803. The van der Waals surface area contributed by atoms with Crippen molar-refractivity contribution in [1.82, 2.24) is 4.98 Å². The monoisotopic (exact) mass is 404 g/mol. The van der Waals surface area contributed by atoms with E-state index in [2.05, 4.69) is 50.4 Å². The summed E-state index contributed by atoms with van der Waals surface area (Å²) < 4.78 is 0. The zero-order valence-electron chi connectivity index (χ0n) is 17.6. The first kappa shape index (κ1) is 21.4. The molecule has 0 saturated heterocycles. The van der Waals surface area contributed by atoms with Gasteiger partial charge in [-0.3, -0.25) is 4.79 Å². The Hall–Kier alpha value is -3.34. The molecule has 0 unspecified atom stereocenters. The van der Waals surface area contributed by atoms with E-state index in [0.29, 0.717) is 18.8 Å². The van der Waals surface area contributed by atoms with Gasteiger partial charge in [-0.2, -0.15) is 0 Å². The molecule has 1 heterocycles. The van der Waals surface area contributed by atoms with E-state index in [1.165, 1.54) is 5.56 Å². The third-order valence-corrected chi connectivity index (χ3v) is 4.95. The van der Waals surface area contributed by atoms with E-state index in [1.807, 2.05) is 24.3 Å². The van der Waals surface area contributed by atoms with Crippen molar-refractivity contribution in [3.8, 4) is 28.1 Å². The summed E-state index contributed by atoms with van der Waals surface area (Å²) >= 11 is 0. The molecule has 156 valence electrons. The summed E-state index contributed by atoms with van der Waals surface area (Å²) in [5.74, 6) is 0.0998. The van der Waals surface area contributed by atoms with Crippen molar-refractivity contribution in [2.45, 2.75) is 39.0 Å². The normalized spacial score (nSPS) is 11.3. The number of pyridine rings is 1. The molecular weight excluding hydrogens is 376 g/mol. The van der Waals surface area contributed by atoms with Crippen LogP contribution >= 0.6 is 0 Å². The number of aromatic nitrogens is 1. The van der Waals surface area contributed by atoms with Gasteiger partial charge in [-0.1, -0.05) is 45.0 Å². The molecule has 3 rings (SSSR count). The number of nitrogens with zero attached hydrogens (tertiary/aromatic N) is 1. The minimum Gasteiger partial charge on any atom is -0.508 e. The fourth-order valence-electron chi connectivity index (χ4n) is 3.19. The van der Waals surface area contributed by atoms with Crippen LogP contribution in [-0.2, 0) is 10.2 Å². The Balaban J connectivity index is 1.94. The number of hydrogen-bond acceptors (Lipinski definition) is 4. The van der Waals surface area contributed by atoms with Gasteiger partial charge in [0.05, 0.1) is 5.69 Å². The maximum atomic E-state index is 10.8. The number of carboxylic acids is 1. The molecule has 2 aromatic carbocycles. The van der Waals surface area contributed by atoms with Crippen molar-refractivity contribution in [3.63, 3.8) is 0 Å². The van der Waals surface area contributed by atoms with Crippen LogP contribution < -0.4 is 5.32 Å². The molecule has 1 aromatic heterocycles. The van der Waals surface area contributed by atoms with Gasteiger partial charge in [-0.05, 0) is 64.9 Å². The molecule has 0 fully saturated rings. The number of phenolic OH excluding ortho intramolecular Hbond substituents is 1. The molecule has 5 nitrogen and oxygen atoms in total. The number of hydrogen-bond donors (Lipinski definition) is 3. The number of benzene rings is 2. The van der Waals surface area contributed by atoms with E-state index in [4.69, 9.17) is 10.1 Å². The van der Waals surface area contributed by atoms with Gasteiger partial charge in [0.25, 0.3) is 0 Å². The minimum absolute atomic E-state index is 0.0881. The van der Waals surface area contributed by atoms with E-state index in [0.717, 1.165) is 22.4 Å². The number of aliphatic carboxylic acids is 1. The topological polar surface area (TPSA) is 82.5 Å². The predicted octanol–water partition coefficient (Wildman–Crippen LogP) is 5.70. The summed E-state index contributed by atoms with van der Waals surface area (Å²) in [6.07, 6.45) is 0.641. The molecule has 3 N–H and O–H groups in total. The highest BCUT2D eigenvalue weighted by Gasteiger charge is 2.14. The van der Waals surface area contributed by atoms with Crippen LogP contribution in [0.15, 0.2) is 60.7 Å². The van der Waals surface area contributed by atoms with Gasteiger partial charge < -0.3 is 15.5 Å². The van der Waals surface area contributed by atoms with Gasteiger partial charge in [0, 0.05) is 18.5 Å². The molecule has 0 bridgehead atoms. The molecular formula is C25H28N2O3. The van der Waals surface area contributed by atoms with Crippen molar-refractivity contribution in [1.29, 1.82) is 0 Å². The lowest BCUT2D eigenvalue weighted by Gasteiger charge is -2.19. The first-order valence-corrected chi connectivity index (χ1v) is 10.1. The number of rotatable bonds is 7. The van der Waals surface area contributed by atoms with E-state index in [-0.39, 0.29) is 17.6 Å². The van der Waals surface area contributed by atoms with Crippen molar-refractivity contribution in [2.75, 3.05) is 11.9 Å². The van der Waals surface area contributed by atoms with Crippen LogP contribution in [0, 0.1) is 0 Å². The second-order valence-corrected chi connectivity index (χ2v) is 8.42. The zero-order valence-corrected chi connectivity index (χ0v) is 17.6. The van der Waals surface area contributed by atoms with Gasteiger partial charge >= 0.3 is 5.97 Å². The Morgan fingerprint density at radius 2 is 1.57 bits per heavy atom. The van der Waals surface area contributed by atoms with E-state index in [9.17, 15) is 9.90 Å². The smallest absolute Gasteiger partial charge is 0.303 e. The summed E-state index contributed by atoms with van der Waals surface area (Å²) in [6.45, 7) is 7.10. The SMILES string of the molecule is CC(C)(C)c1ccc(-c2cc(NCCCC(=O)O)nc(-c3ccc(O)cc3)c2)cc1. The van der Waals surface area contributed by atoms with Gasteiger partial charge in [-0.25, -0.2) is 4.98 Å². The van der Waals surface area contributed by atoms with Crippen LogP contribution in [0.1, 0.15) is 39.2 Å². The second kappa shape index (κ2) is 8.99. The Kier molecular flexibility index (Phi) is 6.40. The van der Waals surface area contributed by atoms with E-state index < -0.39 is 5.97 Å². The van der Waals surface area contributed by atoms with Crippen LogP contribution in [0.4, 0.5) is 5.82 Å². The van der Waals surface area contributed by atoms with Gasteiger partial charge in [0.15, 0.2) is 0 Å². The summed E-state index contributed by atoms with van der Waals surface area (Å²) in [7, 11) is 0. The first-order valence-electron chi connectivity index (χ1n) is 10.1. The highest BCUT2D eigenvalue weighted by Crippen LogP contribution is 2.30. The quantitative estimate of drug-likeness (QED) is 0.440. The molecule has 0 amide bonds. The fourth-order valence-corrected chi connectivity index (χ4v) is 3.19. The number of carboxylic acid groups (broad SMARTS) is 1. The molecule has 3 aromatic rings. The van der Waals surface area contributed by atoms with Crippen LogP contribution in [0.5, 0.6) is 5.75 Å². The van der Waals surface area contributed by atoms with Crippen LogP contribution in [-0.4, -0.2) is 27.7 Å². The lowest BCUT2D eigenvalue weighted by atomic mass is 9.86. The molecule has 0 aliphatic carbocycles. The Bertz CT molecular complexity index is 1000. The highest BCUT2D eigenvalue weighted by atomic mass is 16.4. The van der Waals surface area contributed by atoms with Gasteiger partial charge in [0.2, 0.25) is 0 Å². The standard InChI is InChI=1S/C25H28N2O3/c1-25(2,3)20-10-6-17(7-11-20)19-15-22(18-8-12-21(28)13-9-18)27-23(16-19)26-14-4-5-24(29)30/h6-13,15-16,28H,4-5,14H2,1-3H3,(H,26,27)(H,29,30). The lowest BCUT2D eigenvalue weighted by molar-refractivity contribution is -0.137.